The molecule has 0 radical (unpaired) electrons. The molecular formula is C16H18N6O2. The summed E-state index contributed by atoms with van der Waals surface area (Å²) in [7, 11) is 0. The van der Waals surface area contributed by atoms with Crippen LogP contribution in [-0.4, -0.2) is 55.4 Å². The van der Waals surface area contributed by atoms with Gasteiger partial charge in [0.2, 0.25) is 5.95 Å². The molecule has 3 aromatic heterocycles. The predicted molar refractivity (Wildman–Crippen MR) is 90.4 cm³/mol. The first kappa shape index (κ1) is 14.9. The molecule has 3 aromatic rings. The van der Waals surface area contributed by atoms with Crippen LogP contribution in [0.2, 0.25) is 0 Å². The fourth-order valence-electron chi connectivity index (χ4n) is 3.36. The minimum absolute atomic E-state index is 0.106. The van der Waals surface area contributed by atoms with Crippen LogP contribution in [-0.2, 0) is 0 Å². The normalized spacial score (nSPS) is 20.8. The number of aromatic nitrogens is 4. The van der Waals surface area contributed by atoms with E-state index in [-0.39, 0.29) is 18.6 Å². The maximum atomic E-state index is 10.1. The van der Waals surface area contributed by atoms with Crippen molar-refractivity contribution in [3.8, 4) is 11.3 Å². The van der Waals surface area contributed by atoms with E-state index >= 15 is 0 Å². The smallest absolute Gasteiger partial charge is 0.220 e. The van der Waals surface area contributed by atoms with Gasteiger partial charge in [-0.3, -0.25) is 0 Å². The highest BCUT2D eigenvalue weighted by Gasteiger charge is 2.33. The first-order valence-electron chi connectivity index (χ1n) is 7.79. The summed E-state index contributed by atoms with van der Waals surface area (Å²) in [6, 6.07) is 3.36. The van der Waals surface area contributed by atoms with E-state index in [1.165, 1.54) is 0 Å². The zero-order valence-electron chi connectivity index (χ0n) is 12.9. The maximum absolute atomic E-state index is 10.1. The van der Waals surface area contributed by atoms with Gasteiger partial charge >= 0.3 is 0 Å². The molecule has 0 aromatic carbocycles. The molecule has 1 aliphatic heterocycles. The van der Waals surface area contributed by atoms with Gasteiger partial charge in [0.25, 0.3) is 0 Å². The van der Waals surface area contributed by atoms with E-state index in [9.17, 15) is 10.2 Å². The van der Waals surface area contributed by atoms with Crippen molar-refractivity contribution in [2.75, 3.05) is 23.8 Å². The summed E-state index contributed by atoms with van der Waals surface area (Å²) in [4.78, 5) is 17.8. The number of nitrogens with two attached hydrogens (primary N) is 1. The molecule has 8 nitrogen and oxygen atoms in total. The zero-order valence-corrected chi connectivity index (χ0v) is 12.9. The van der Waals surface area contributed by atoms with Crippen molar-refractivity contribution in [1.29, 1.82) is 0 Å². The molecule has 124 valence electrons. The summed E-state index contributed by atoms with van der Waals surface area (Å²) in [6.45, 7) is 0.563. The molecule has 1 fully saturated rings. The predicted octanol–water partition coefficient (Wildman–Crippen LogP) is 0.534. The lowest BCUT2D eigenvalue weighted by Crippen LogP contribution is -2.38. The monoisotopic (exact) mass is 326 g/mol. The molecule has 24 heavy (non-hydrogen) atoms. The minimum atomic E-state index is -0.546. The van der Waals surface area contributed by atoms with E-state index in [4.69, 9.17) is 5.73 Å². The lowest BCUT2D eigenvalue weighted by atomic mass is 10.1. The van der Waals surface area contributed by atoms with Gasteiger partial charge in [0, 0.05) is 30.7 Å². The molecule has 5 N–H and O–H groups in total. The second kappa shape index (κ2) is 5.73. The molecular weight excluding hydrogens is 308 g/mol. The van der Waals surface area contributed by atoms with Crippen LogP contribution in [0.3, 0.4) is 0 Å². The largest absolute Gasteiger partial charge is 0.394 e. The van der Waals surface area contributed by atoms with Gasteiger partial charge in [-0.2, -0.15) is 0 Å². The van der Waals surface area contributed by atoms with E-state index < -0.39 is 6.10 Å². The summed E-state index contributed by atoms with van der Waals surface area (Å²) in [5.41, 5.74) is 8.89. The van der Waals surface area contributed by atoms with Crippen molar-refractivity contribution >= 4 is 22.7 Å². The van der Waals surface area contributed by atoms with Gasteiger partial charge in [-0.15, -0.1) is 0 Å². The van der Waals surface area contributed by atoms with Crippen LogP contribution in [0, 0.1) is 0 Å². The van der Waals surface area contributed by atoms with E-state index in [0.717, 1.165) is 22.3 Å². The number of fused-ring (bicyclic) bond motifs is 1. The second-order valence-corrected chi connectivity index (χ2v) is 5.86. The standard InChI is InChI=1S/C16H18N6O2/c17-16-19-4-1-10(21-16)9-7-20-15-14(9)11(2-5-18-15)22-6-3-13(24)12(22)8-23/h1-2,4-5,7,12-13,23-24H,3,6,8H2,(H,18,20)(H2,17,19,21)/t12-,13+/m1/s1. The Labute approximate surface area is 138 Å². The van der Waals surface area contributed by atoms with Gasteiger partial charge in [-0.05, 0) is 18.6 Å². The molecule has 4 rings (SSSR count). The zero-order chi connectivity index (χ0) is 16.7. The molecule has 2 atom stereocenters. The maximum Gasteiger partial charge on any atom is 0.220 e. The molecule has 0 saturated carbocycles. The highest BCUT2D eigenvalue weighted by molar-refractivity contribution is 6.02. The topological polar surface area (TPSA) is 124 Å². The Balaban J connectivity index is 1.89. The van der Waals surface area contributed by atoms with Gasteiger partial charge in [-0.1, -0.05) is 0 Å². The van der Waals surface area contributed by atoms with Gasteiger partial charge in [0.15, 0.2) is 0 Å². The Morgan fingerprint density at radius 2 is 2.12 bits per heavy atom. The summed E-state index contributed by atoms with van der Waals surface area (Å²) in [5.74, 6) is 0.206. The van der Waals surface area contributed by atoms with Crippen LogP contribution in [0.1, 0.15) is 6.42 Å². The number of hydrogen-bond donors (Lipinski definition) is 4. The third kappa shape index (κ3) is 2.27. The highest BCUT2D eigenvalue weighted by atomic mass is 16.3. The van der Waals surface area contributed by atoms with E-state index in [2.05, 4.69) is 19.9 Å². The molecule has 1 saturated heterocycles. The molecule has 1 aliphatic rings. The van der Waals surface area contributed by atoms with Crippen LogP contribution in [0.4, 0.5) is 11.6 Å². The number of nitrogens with zero attached hydrogens (tertiary/aromatic N) is 4. The lowest BCUT2D eigenvalue weighted by molar-refractivity contribution is 0.128. The minimum Gasteiger partial charge on any atom is -0.394 e. The van der Waals surface area contributed by atoms with Gasteiger partial charge in [0.05, 0.1) is 35.5 Å². The van der Waals surface area contributed by atoms with E-state index in [1.54, 1.807) is 18.5 Å². The number of rotatable bonds is 3. The SMILES string of the molecule is Nc1nccc(-c2c[nH]c3nccc(N4CC[C@H](O)[C@H]4CO)c23)n1. The van der Waals surface area contributed by atoms with Crippen molar-refractivity contribution < 1.29 is 10.2 Å². The fourth-order valence-corrected chi connectivity index (χ4v) is 3.36. The summed E-state index contributed by atoms with van der Waals surface area (Å²) in [6.07, 6.45) is 5.24. The number of aliphatic hydroxyl groups is 2. The quantitative estimate of drug-likeness (QED) is 0.553. The van der Waals surface area contributed by atoms with Crippen LogP contribution in [0.25, 0.3) is 22.3 Å². The average molecular weight is 326 g/mol. The van der Waals surface area contributed by atoms with E-state index in [0.29, 0.717) is 18.7 Å². The third-order valence-corrected chi connectivity index (χ3v) is 4.51. The van der Waals surface area contributed by atoms with Crippen molar-refractivity contribution in [3.05, 3.63) is 30.7 Å². The number of anilines is 2. The van der Waals surface area contributed by atoms with Crippen molar-refractivity contribution in [1.82, 2.24) is 19.9 Å². The number of aliphatic hydroxyl groups excluding tert-OH is 2. The first-order chi connectivity index (χ1) is 11.7. The molecule has 0 amide bonds. The lowest BCUT2D eigenvalue weighted by Gasteiger charge is -2.27. The Morgan fingerprint density at radius 3 is 2.92 bits per heavy atom. The number of hydrogen-bond acceptors (Lipinski definition) is 7. The Hall–Kier alpha value is -2.71. The first-order valence-corrected chi connectivity index (χ1v) is 7.79. The van der Waals surface area contributed by atoms with Gasteiger partial charge in [-0.25, -0.2) is 15.0 Å². The second-order valence-electron chi connectivity index (χ2n) is 5.86. The summed E-state index contributed by atoms with van der Waals surface area (Å²) >= 11 is 0. The Kier molecular flexibility index (Phi) is 3.55. The number of nitrogen functional groups attached to an aromatic ring is 1. The van der Waals surface area contributed by atoms with E-state index in [1.807, 2.05) is 17.2 Å². The number of pyridine rings is 1. The molecule has 0 spiro atoms. The average Bonchev–Trinajstić information content (AvgIpc) is 3.18. The third-order valence-electron chi connectivity index (χ3n) is 4.51. The number of nitrogens with one attached hydrogen (secondary N) is 1. The Bertz CT molecular complexity index is 880. The van der Waals surface area contributed by atoms with Gasteiger partial charge < -0.3 is 25.8 Å². The molecule has 4 heterocycles. The van der Waals surface area contributed by atoms with Crippen LogP contribution in [0.15, 0.2) is 30.7 Å². The molecule has 0 aliphatic carbocycles. The summed E-state index contributed by atoms with van der Waals surface area (Å²) < 4.78 is 0. The number of aromatic amines is 1. The Morgan fingerprint density at radius 1 is 1.29 bits per heavy atom. The number of H-pyrrole nitrogens is 1. The fraction of sp³-hybridized carbons (Fsp3) is 0.312. The highest BCUT2D eigenvalue weighted by Crippen LogP contribution is 2.37. The molecule has 8 heteroatoms. The van der Waals surface area contributed by atoms with Gasteiger partial charge in [0.1, 0.15) is 5.65 Å². The van der Waals surface area contributed by atoms with Crippen molar-refractivity contribution in [2.24, 2.45) is 0 Å². The van der Waals surface area contributed by atoms with Crippen LogP contribution in [0.5, 0.6) is 0 Å². The van der Waals surface area contributed by atoms with Crippen LogP contribution < -0.4 is 10.6 Å². The van der Waals surface area contributed by atoms with Crippen molar-refractivity contribution in [2.45, 2.75) is 18.6 Å². The molecule has 0 unspecified atom stereocenters. The van der Waals surface area contributed by atoms with Crippen molar-refractivity contribution in [3.63, 3.8) is 0 Å². The molecule has 0 bridgehead atoms. The summed E-state index contributed by atoms with van der Waals surface area (Å²) in [5, 5.41) is 20.6. The van der Waals surface area contributed by atoms with Crippen LogP contribution >= 0.6 is 0 Å².